The molecule has 0 amide bonds. The molecule has 1 aliphatic heterocycles. The Bertz CT molecular complexity index is 674. The van der Waals surface area contributed by atoms with E-state index in [0.29, 0.717) is 36.6 Å². The van der Waals surface area contributed by atoms with Gasteiger partial charge in [0.2, 0.25) is 0 Å². The highest BCUT2D eigenvalue weighted by Crippen LogP contribution is 2.26. The van der Waals surface area contributed by atoms with Crippen LogP contribution in [0.3, 0.4) is 0 Å². The van der Waals surface area contributed by atoms with E-state index in [0.717, 1.165) is 5.04 Å². The Morgan fingerprint density at radius 3 is 2.95 bits per heavy atom. The zero-order valence-corrected chi connectivity index (χ0v) is 12.1. The minimum Gasteiger partial charge on any atom is -0.466 e. The molecule has 1 aliphatic rings. The molecular formula is C12H15N3O4S. The number of thioether (sulfide) groups is 1. The van der Waals surface area contributed by atoms with Crippen molar-refractivity contribution >= 4 is 28.6 Å². The van der Waals surface area contributed by atoms with E-state index in [-0.39, 0.29) is 5.97 Å². The Morgan fingerprint density at radius 2 is 2.25 bits per heavy atom. The summed E-state index contributed by atoms with van der Waals surface area (Å²) in [6, 6.07) is 0. The van der Waals surface area contributed by atoms with Crippen LogP contribution in [0, 0.1) is 0 Å². The number of aliphatic imine (C=N–C) groups is 1. The first-order valence-corrected chi connectivity index (χ1v) is 7.19. The van der Waals surface area contributed by atoms with Gasteiger partial charge >= 0.3 is 11.7 Å². The lowest BCUT2D eigenvalue weighted by Crippen LogP contribution is -2.29. The normalized spacial score (nSPS) is 13.0. The molecule has 0 atom stereocenters. The first kappa shape index (κ1) is 14.6. The number of aromatic amines is 1. The number of H-pyrrole nitrogens is 1. The van der Waals surface area contributed by atoms with Gasteiger partial charge in [-0.25, -0.2) is 9.79 Å². The molecule has 0 radical (unpaired) electrons. The second kappa shape index (κ2) is 6.08. The molecule has 0 unspecified atom stereocenters. The predicted molar refractivity (Wildman–Crippen MR) is 76.8 cm³/mol. The van der Waals surface area contributed by atoms with Crippen LogP contribution in [0.2, 0.25) is 0 Å². The molecule has 0 aliphatic carbocycles. The summed E-state index contributed by atoms with van der Waals surface area (Å²) in [5.41, 5.74) is -0.381. The van der Waals surface area contributed by atoms with Crippen molar-refractivity contribution in [1.82, 2.24) is 9.55 Å². The van der Waals surface area contributed by atoms with E-state index < -0.39 is 11.2 Å². The van der Waals surface area contributed by atoms with Crippen molar-refractivity contribution < 1.29 is 9.53 Å². The predicted octanol–water partition coefficient (Wildman–Crippen LogP) is 0.346. The molecule has 108 valence electrons. The first-order valence-electron chi connectivity index (χ1n) is 6.21. The number of esters is 1. The van der Waals surface area contributed by atoms with Crippen LogP contribution in [0.15, 0.2) is 14.6 Å². The third-order valence-corrected chi connectivity index (χ3v) is 3.80. The van der Waals surface area contributed by atoms with Crippen LogP contribution in [-0.4, -0.2) is 32.9 Å². The van der Waals surface area contributed by atoms with Crippen molar-refractivity contribution in [3.63, 3.8) is 0 Å². The number of carbonyl (C=O) groups is 1. The molecule has 7 nitrogen and oxygen atoms in total. The average Bonchev–Trinajstić information content (AvgIpc) is 2.81. The van der Waals surface area contributed by atoms with E-state index in [1.165, 1.54) is 16.3 Å². The van der Waals surface area contributed by atoms with Gasteiger partial charge < -0.3 is 4.74 Å². The fraction of sp³-hybridized carbons (Fsp3) is 0.500. The van der Waals surface area contributed by atoms with Crippen LogP contribution in [-0.2, 0) is 23.0 Å². The average molecular weight is 297 g/mol. The van der Waals surface area contributed by atoms with Gasteiger partial charge in [-0.05, 0) is 6.92 Å². The van der Waals surface area contributed by atoms with Crippen molar-refractivity contribution in [3.8, 4) is 0 Å². The van der Waals surface area contributed by atoms with E-state index in [4.69, 9.17) is 4.74 Å². The molecule has 0 saturated carbocycles. The van der Waals surface area contributed by atoms with Gasteiger partial charge in [0.05, 0.1) is 23.6 Å². The molecule has 2 heterocycles. The SMILES string of the molecule is CCOC(=O)CCSC1=Nc2c(c(=O)[nH]c(=O)n2C)C1. The molecule has 1 aromatic rings. The van der Waals surface area contributed by atoms with E-state index >= 15 is 0 Å². The van der Waals surface area contributed by atoms with Gasteiger partial charge in [0.1, 0.15) is 5.82 Å². The molecule has 2 rings (SSSR count). The molecule has 0 saturated heterocycles. The topological polar surface area (TPSA) is 93.5 Å². The van der Waals surface area contributed by atoms with E-state index in [2.05, 4.69) is 9.98 Å². The molecule has 0 aromatic carbocycles. The lowest BCUT2D eigenvalue weighted by molar-refractivity contribution is -0.142. The summed E-state index contributed by atoms with van der Waals surface area (Å²) in [5.74, 6) is 0.691. The number of aromatic nitrogens is 2. The highest BCUT2D eigenvalue weighted by atomic mass is 32.2. The highest BCUT2D eigenvalue weighted by Gasteiger charge is 2.21. The van der Waals surface area contributed by atoms with Gasteiger partial charge in [-0.2, -0.15) is 0 Å². The summed E-state index contributed by atoms with van der Waals surface area (Å²) in [6.45, 7) is 2.13. The molecule has 1 N–H and O–H groups in total. The van der Waals surface area contributed by atoms with Gasteiger partial charge in [-0.1, -0.05) is 0 Å². The van der Waals surface area contributed by atoms with Crippen LogP contribution in [0.4, 0.5) is 5.82 Å². The molecule has 8 heteroatoms. The van der Waals surface area contributed by atoms with E-state index in [9.17, 15) is 14.4 Å². The minimum absolute atomic E-state index is 0.249. The Kier molecular flexibility index (Phi) is 4.43. The fourth-order valence-corrected chi connectivity index (χ4v) is 2.74. The van der Waals surface area contributed by atoms with Gasteiger partial charge in [-0.15, -0.1) is 11.8 Å². The quantitative estimate of drug-likeness (QED) is 0.809. The molecule has 0 bridgehead atoms. The number of rotatable bonds is 4. The zero-order valence-electron chi connectivity index (χ0n) is 11.3. The number of carbonyl (C=O) groups excluding carboxylic acids is 1. The van der Waals surface area contributed by atoms with E-state index in [1.54, 1.807) is 14.0 Å². The lowest BCUT2D eigenvalue weighted by atomic mass is 10.2. The molecule has 20 heavy (non-hydrogen) atoms. The van der Waals surface area contributed by atoms with Gasteiger partial charge in [0.25, 0.3) is 5.56 Å². The fourth-order valence-electron chi connectivity index (χ4n) is 1.84. The standard InChI is InChI=1S/C12H15N3O4S/c1-3-19-9(16)4-5-20-8-6-7-10(13-8)15(2)12(18)14-11(7)17/h3-6H2,1-2H3,(H,14,17,18). The van der Waals surface area contributed by atoms with Crippen molar-refractivity contribution in [2.75, 3.05) is 12.4 Å². The summed E-state index contributed by atoms with van der Waals surface area (Å²) >= 11 is 1.40. The third-order valence-electron chi connectivity index (χ3n) is 2.83. The van der Waals surface area contributed by atoms with Crippen molar-refractivity contribution in [2.45, 2.75) is 19.8 Å². The van der Waals surface area contributed by atoms with Gasteiger partial charge in [0, 0.05) is 19.2 Å². The van der Waals surface area contributed by atoms with E-state index in [1.807, 2.05) is 0 Å². The summed E-state index contributed by atoms with van der Waals surface area (Å²) in [6.07, 6.45) is 0.690. The maximum atomic E-state index is 11.7. The monoisotopic (exact) mass is 297 g/mol. The number of nitrogens with zero attached hydrogens (tertiary/aromatic N) is 2. The third kappa shape index (κ3) is 3.01. The summed E-state index contributed by atoms with van der Waals surface area (Å²) in [7, 11) is 1.56. The molecular weight excluding hydrogens is 282 g/mol. The first-order chi connectivity index (χ1) is 9.52. The van der Waals surface area contributed by atoms with Gasteiger partial charge in [-0.3, -0.25) is 19.1 Å². The second-order valence-electron chi connectivity index (χ2n) is 4.21. The van der Waals surface area contributed by atoms with Crippen LogP contribution in [0.5, 0.6) is 0 Å². The minimum atomic E-state index is -0.477. The Hall–Kier alpha value is -1.83. The molecule has 1 aromatic heterocycles. The summed E-state index contributed by atoms with van der Waals surface area (Å²) in [5, 5.41) is 0.732. The van der Waals surface area contributed by atoms with Crippen LogP contribution >= 0.6 is 11.8 Å². The number of nitrogens with one attached hydrogen (secondary N) is 1. The van der Waals surface area contributed by atoms with Crippen LogP contribution < -0.4 is 11.2 Å². The Labute approximate surface area is 119 Å². The molecule has 0 spiro atoms. The zero-order chi connectivity index (χ0) is 14.7. The maximum Gasteiger partial charge on any atom is 0.329 e. The second-order valence-corrected chi connectivity index (χ2v) is 5.37. The number of fused-ring (bicyclic) bond motifs is 1. The number of hydrogen-bond donors (Lipinski definition) is 1. The summed E-state index contributed by atoms with van der Waals surface area (Å²) < 4.78 is 6.14. The van der Waals surface area contributed by atoms with Crippen molar-refractivity contribution in [1.29, 1.82) is 0 Å². The maximum absolute atomic E-state index is 11.7. The smallest absolute Gasteiger partial charge is 0.329 e. The highest BCUT2D eigenvalue weighted by molar-refractivity contribution is 8.14. The largest absolute Gasteiger partial charge is 0.466 e. The van der Waals surface area contributed by atoms with Gasteiger partial charge in [0.15, 0.2) is 0 Å². The molecule has 0 fully saturated rings. The number of hydrogen-bond acceptors (Lipinski definition) is 6. The lowest BCUT2D eigenvalue weighted by Gasteiger charge is -2.01. The summed E-state index contributed by atoms with van der Waals surface area (Å²) in [4.78, 5) is 40.9. The Balaban J connectivity index is 2.03. The Morgan fingerprint density at radius 1 is 1.50 bits per heavy atom. The van der Waals surface area contributed by atoms with Crippen LogP contribution in [0.1, 0.15) is 18.9 Å². The number of ether oxygens (including phenoxy) is 1. The van der Waals surface area contributed by atoms with Crippen molar-refractivity contribution in [2.24, 2.45) is 12.0 Å². The van der Waals surface area contributed by atoms with Crippen LogP contribution in [0.25, 0.3) is 0 Å². The van der Waals surface area contributed by atoms with Crippen molar-refractivity contribution in [3.05, 3.63) is 26.4 Å².